The molecular weight excluding hydrogens is 362 g/mol. The summed E-state index contributed by atoms with van der Waals surface area (Å²) in [6.07, 6.45) is 1.06. The van der Waals surface area contributed by atoms with Crippen LogP contribution in [-0.4, -0.2) is 50.5 Å². The Bertz CT molecular complexity index is 778. The van der Waals surface area contributed by atoms with Crippen LogP contribution in [0.3, 0.4) is 0 Å². The standard InChI is InChI=1S/C21H25NO6/c1-26-19-13-16(8-9-18(19)28-14-20(24)27-2)21(25)22-17(10-11-23)12-15-6-4-3-5-7-15/h3-9,13,17,23H,10-12,14H2,1-2H3,(H,22,25)/t17-/m1/s1. The van der Waals surface area contributed by atoms with Crippen molar-refractivity contribution < 1.29 is 28.9 Å². The molecule has 7 heteroatoms. The van der Waals surface area contributed by atoms with Crippen LogP contribution in [0, 0.1) is 0 Å². The predicted octanol–water partition coefficient (Wildman–Crippen LogP) is 1.97. The Morgan fingerprint density at radius 1 is 1.07 bits per heavy atom. The summed E-state index contributed by atoms with van der Waals surface area (Å²) in [7, 11) is 2.72. The third kappa shape index (κ3) is 6.28. The number of carbonyl (C=O) groups excluding carboxylic acids is 2. The highest BCUT2D eigenvalue weighted by Crippen LogP contribution is 2.28. The monoisotopic (exact) mass is 387 g/mol. The van der Waals surface area contributed by atoms with Gasteiger partial charge < -0.3 is 24.6 Å². The van der Waals surface area contributed by atoms with Gasteiger partial charge in [0, 0.05) is 18.2 Å². The lowest BCUT2D eigenvalue weighted by molar-refractivity contribution is -0.142. The number of aliphatic hydroxyl groups excluding tert-OH is 1. The van der Waals surface area contributed by atoms with Crippen LogP contribution in [0.25, 0.3) is 0 Å². The van der Waals surface area contributed by atoms with Crippen LogP contribution in [0.1, 0.15) is 22.3 Å². The van der Waals surface area contributed by atoms with Crippen molar-refractivity contribution in [2.24, 2.45) is 0 Å². The lowest BCUT2D eigenvalue weighted by atomic mass is 10.0. The maximum Gasteiger partial charge on any atom is 0.343 e. The Kier molecular flexibility index (Phi) is 8.30. The lowest BCUT2D eigenvalue weighted by Gasteiger charge is -2.18. The van der Waals surface area contributed by atoms with Crippen LogP contribution < -0.4 is 14.8 Å². The van der Waals surface area contributed by atoms with Gasteiger partial charge in [0.15, 0.2) is 18.1 Å². The summed E-state index contributed by atoms with van der Waals surface area (Å²) < 4.78 is 15.1. The Morgan fingerprint density at radius 3 is 2.46 bits per heavy atom. The van der Waals surface area contributed by atoms with E-state index >= 15 is 0 Å². The first kappa shape index (κ1) is 21.2. The molecule has 0 spiro atoms. The quantitative estimate of drug-likeness (QED) is 0.606. The molecule has 0 aliphatic rings. The summed E-state index contributed by atoms with van der Waals surface area (Å²) in [5, 5.41) is 12.3. The zero-order valence-electron chi connectivity index (χ0n) is 16.0. The molecule has 0 saturated heterocycles. The number of nitrogens with one attached hydrogen (secondary N) is 1. The van der Waals surface area contributed by atoms with Crippen molar-refractivity contribution in [3.63, 3.8) is 0 Å². The zero-order valence-corrected chi connectivity index (χ0v) is 16.0. The molecule has 2 aromatic carbocycles. The van der Waals surface area contributed by atoms with Gasteiger partial charge in [-0.1, -0.05) is 30.3 Å². The third-order valence-electron chi connectivity index (χ3n) is 4.14. The smallest absolute Gasteiger partial charge is 0.343 e. The van der Waals surface area contributed by atoms with E-state index in [1.54, 1.807) is 18.2 Å². The molecule has 0 heterocycles. The van der Waals surface area contributed by atoms with Gasteiger partial charge in [-0.2, -0.15) is 0 Å². The second kappa shape index (κ2) is 10.9. The van der Waals surface area contributed by atoms with Gasteiger partial charge >= 0.3 is 5.97 Å². The van der Waals surface area contributed by atoms with Crippen molar-refractivity contribution in [3.8, 4) is 11.5 Å². The van der Waals surface area contributed by atoms with Crippen LogP contribution in [0.2, 0.25) is 0 Å². The van der Waals surface area contributed by atoms with Crippen LogP contribution in [-0.2, 0) is 16.0 Å². The maximum atomic E-state index is 12.6. The van der Waals surface area contributed by atoms with Gasteiger partial charge in [-0.25, -0.2) is 4.79 Å². The van der Waals surface area contributed by atoms with E-state index in [2.05, 4.69) is 10.1 Å². The number of hydrogen-bond acceptors (Lipinski definition) is 6. The first-order valence-electron chi connectivity index (χ1n) is 8.90. The summed E-state index contributed by atoms with van der Waals surface area (Å²) in [4.78, 5) is 23.9. The highest BCUT2D eigenvalue weighted by Gasteiger charge is 2.17. The molecule has 0 aliphatic heterocycles. The Balaban J connectivity index is 2.07. The zero-order chi connectivity index (χ0) is 20.4. The molecular formula is C21H25NO6. The fourth-order valence-corrected chi connectivity index (χ4v) is 2.67. The van der Waals surface area contributed by atoms with E-state index < -0.39 is 5.97 Å². The average molecular weight is 387 g/mol. The number of benzene rings is 2. The van der Waals surface area contributed by atoms with Crippen LogP contribution in [0.5, 0.6) is 11.5 Å². The molecule has 0 radical (unpaired) electrons. The minimum absolute atomic E-state index is 0.0264. The number of methoxy groups -OCH3 is 2. The molecule has 1 amide bonds. The van der Waals surface area contributed by atoms with Gasteiger partial charge in [-0.3, -0.25) is 4.79 Å². The number of amides is 1. The maximum absolute atomic E-state index is 12.6. The number of esters is 1. The number of hydrogen-bond donors (Lipinski definition) is 2. The molecule has 0 aliphatic carbocycles. The second-order valence-electron chi connectivity index (χ2n) is 6.10. The molecule has 0 fully saturated rings. The van der Waals surface area contributed by atoms with E-state index in [0.717, 1.165) is 5.56 Å². The molecule has 2 aromatic rings. The van der Waals surface area contributed by atoms with E-state index in [9.17, 15) is 14.7 Å². The summed E-state index contributed by atoms with van der Waals surface area (Å²) in [6, 6.07) is 14.2. The van der Waals surface area contributed by atoms with Gasteiger partial charge in [0.05, 0.1) is 14.2 Å². The van der Waals surface area contributed by atoms with Crippen molar-refractivity contribution in [2.75, 3.05) is 27.4 Å². The molecule has 0 unspecified atom stereocenters. The molecule has 150 valence electrons. The summed E-state index contributed by atoms with van der Waals surface area (Å²) in [5.74, 6) is -0.136. The first-order chi connectivity index (χ1) is 13.6. The van der Waals surface area contributed by atoms with Crippen LogP contribution in [0.15, 0.2) is 48.5 Å². The molecule has 28 heavy (non-hydrogen) atoms. The van der Waals surface area contributed by atoms with Gasteiger partial charge in [0.25, 0.3) is 5.91 Å². The van der Waals surface area contributed by atoms with Crippen molar-refractivity contribution in [2.45, 2.75) is 18.9 Å². The number of carbonyl (C=O) groups is 2. The Hall–Kier alpha value is -3.06. The number of ether oxygens (including phenoxy) is 3. The normalized spacial score (nSPS) is 11.4. The SMILES string of the molecule is COC(=O)COc1ccc(C(=O)N[C@H](CCO)Cc2ccccc2)cc1OC. The van der Waals surface area contributed by atoms with Crippen molar-refractivity contribution in [1.82, 2.24) is 5.32 Å². The minimum atomic E-state index is -0.517. The van der Waals surface area contributed by atoms with E-state index in [-0.39, 0.29) is 25.2 Å². The molecule has 0 saturated carbocycles. The van der Waals surface area contributed by atoms with Crippen LogP contribution >= 0.6 is 0 Å². The van der Waals surface area contributed by atoms with Crippen LogP contribution in [0.4, 0.5) is 0 Å². The van der Waals surface area contributed by atoms with E-state index in [0.29, 0.717) is 29.9 Å². The largest absolute Gasteiger partial charge is 0.493 e. The Labute approximate surface area is 164 Å². The molecule has 0 bridgehead atoms. The van der Waals surface area contributed by atoms with E-state index in [1.165, 1.54) is 14.2 Å². The molecule has 7 nitrogen and oxygen atoms in total. The number of rotatable bonds is 10. The number of aliphatic hydroxyl groups is 1. The minimum Gasteiger partial charge on any atom is -0.493 e. The molecule has 2 rings (SSSR count). The second-order valence-corrected chi connectivity index (χ2v) is 6.10. The summed E-state index contributed by atoms with van der Waals surface area (Å²) >= 11 is 0. The highest BCUT2D eigenvalue weighted by molar-refractivity contribution is 5.95. The van der Waals surface area contributed by atoms with Crippen molar-refractivity contribution in [1.29, 1.82) is 0 Å². The van der Waals surface area contributed by atoms with E-state index in [1.807, 2.05) is 30.3 Å². The predicted molar refractivity (Wildman–Crippen MR) is 104 cm³/mol. The van der Waals surface area contributed by atoms with Crippen molar-refractivity contribution >= 4 is 11.9 Å². The first-order valence-corrected chi connectivity index (χ1v) is 8.90. The lowest BCUT2D eigenvalue weighted by Crippen LogP contribution is -2.37. The molecule has 2 N–H and O–H groups in total. The third-order valence-corrected chi connectivity index (χ3v) is 4.14. The topological polar surface area (TPSA) is 94.1 Å². The summed E-state index contributed by atoms with van der Waals surface area (Å²) in [6.45, 7) is -0.282. The highest BCUT2D eigenvalue weighted by atomic mass is 16.6. The molecule has 1 atom stereocenters. The van der Waals surface area contributed by atoms with E-state index in [4.69, 9.17) is 9.47 Å². The van der Waals surface area contributed by atoms with Gasteiger partial charge in [-0.05, 0) is 36.6 Å². The fraction of sp³-hybridized carbons (Fsp3) is 0.333. The van der Waals surface area contributed by atoms with Gasteiger partial charge in [0.2, 0.25) is 0 Å². The van der Waals surface area contributed by atoms with Gasteiger partial charge in [0.1, 0.15) is 0 Å². The van der Waals surface area contributed by atoms with Gasteiger partial charge in [-0.15, -0.1) is 0 Å². The average Bonchev–Trinajstić information content (AvgIpc) is 2.72. The Morgan fingerprint density at radius 2 is 1.82 bits per heavy atom. The van der Waals surface area contributed by atoms with Crippen molar-refractivity contribution in [3.05, 3.63) is 59.7 Å². The fourth-order valence-electron chi connectivity index (χ4n) is 2.67. The summed E-state index contributed by atoms with van der Waals surface area (Å²) in [5.41, 5.74) is 1.46. The molecule has 0 aromatic heterocycles.